The molecule has 0 aliphatic rings. The number of rotatable bonds is 6. The molecule has 156 valence electrons. The van der Waals surface area contributed by atoms with E-state index in [4.69, 9.17) is 26.9 Å². The topological polar surface area (TPSA) is 91.7 Å². The summed E-state index contributed by atoms with van der Waals surface area (Å²) < 4.78 is 8.07. The summed E-state index contributed by atoms with van der Waals surface area (Å²) >= 11 is 9.52. The fourth-order valence-corrected chi connectivity index (χ4v) is 3.33. The Bertz CT molecular complexity index is 1130. The normalized spacial score (nSPS) is 11.4. The molecule has 0 saturated carbocycles. The Balaban J connectivity index is 1.76. The van der Waals surface area contributed by atoms with Gasteiger partial charge in [-0.15, -0.1) is 0 Å². The number of halogens is 2. The van der Waals surface area contributed by atoms with Crippen molar-refractivity contribution < 1.29 is 14.4 Å². The fraction of sp³-hybridized carbons (Fsp3) is 0.190. The number of ether oxygens (including phenoxy) is 1. The highest BCUT2D eigenvalue weighted by atomic mass is 79.9. The minimum Gasteiger partial charge on any atom is -0.496 e. The van der Waals surface area contributed by atoms with E-state index in [0.717, 1.165) is 21.4 Å². The zero-order valence-corrected chi connectivity index (χ0v) is 19.0. The molecule has 3 aromatic rings. The number of nitrogens with two attached hydrogens (primary N) is 1. The van der Waals surface area contributed by atoms with Crippen molar-refractivity contribution in [2.75, 3.05) is 7.11 Å². The Morgan fingerprint density at radius 3 is 2.70 bits per heavy atom. The Morgan fingerprint density at radius 1 is 1.27 bits per heavy atom. The van der Waals surface area contributed by atoms with Gasteiger partial charge in [0.2, 0.25) is 0 Å². The Kier molecular flexibility index (Phi) is 6.79. The van der Waals surface area contributed by atoms with Gasteiger partial charge in [-0.1, -0.05) is 28.9 Å². The molecule has 2 N–H and O–H groups in total. The van der Waals surface area contributed by atoms with Crippen LogP contribution in [0.25, 0.3) is 0 Å². The molecule has 30 heavy (non-hydrogen) atoms. The number of hydrogen-bond acceptors (Lipinski definition) is 5. The molecule has 1 heterocycles. The molecule has 0 fully saturated rings. The number of aromatic nitrogens is 2. The molecule has 3 rings (SSSR count). The van der Waals surface area contributed by atoms with Crippen LogP contribution in [0.3, 0.4) is 0 Å². The second-order valence-electron chi connectivity index (χ2n) is 6.54. The van der Waals surface area contributed by atoms with E-state index in [1.165, 1.54) is 7.11 Å². The van der Waals surface area contributed by atoms with Crippen molar-refractivity contribution >= 4 is 39.3 Å². The maximum atomic E-state index is 12.5. The van der Waals surface area contributed by atoms with Crippen LogP contribution in [0.5, 0.6) is 5.75 Å². The summed E-state index contributed by atoms with van der Waals surface area (Å²) in [7, 11) is 1.50. The molecule has 1 aromatic heterocycles. The van der Waals surface area contributed by atoms with E-state index in [9.17, 15) is 4.79 Å². The molecule has 0 saturated heterocycles. The van der Waals surface area contributed by atoms with Crippen LogP contribution >= 0.6 is 27.5 Å². The van der Waals surface area contributed by atoms with Crippen LogP contribution < -0.4 is 10.5 Å². The minimum atomic E-state index is -0.629. The van der Waals surface area contributed by atoms with Gasteiger partial charge in [-0.05, 0) is 65.7 Å². The molecule has 0 aliphatic heterocycles. The number of benzene rings is 2. The molecule has 0 unspecified atom stereocenters. The second kappa shape index (κ2) is 9.32. The lowest BCUT2D eigenvalue weighted by Crippen LogP contribution is -2.16. The average Bonchev–Trinajstić information content (AvgIpc) is 2.98. The van der Waals surface area contributed by atoms with E-state index in [1.807, 2.05) is 24.6 Å². The number of hydrogen-bond donors (Lipinski definition) is 1. The average molecular weight is 492 g/mol. The lowest BCUT2D eigenvalue weighted by molar-refractivity contribution is 0.0516. The molecule has 0 atom stereocenters. The Hall–Kier alpha value is -2.84. The first-order chi connectivity index (χ1) is 14.3. The minimum absolute atomic E-state index is 0.0219. The number of carbonyl (C=O) groups excluding carboxylic acids is 1. The first kappa shape index (κ1) is 21.9. The zero-order valence-electron chi connectivity index (χ0n) is 16.6. The summed E-state index contributed by atoms with van der Waals surface area (Å²) in [6.45, 7) is 4.42. The van der Waals surface area contributed by atoms with Gasteiger partial charge in [0.15, 0.2) is 5.84 Å². The van der Waals surface area contributed by atoms with Gasteiger partial charge in [-0.25, -0.2) is 4.79 Å². The molecule has 7 nitrogen and oxygen atoms in total. The van der Waals surface area contributed by atoms with Crippen molar-refractivity contribution in [1.29, 1.82) is 0 Å². The maximum Gasteiger partial charge on any atom is 0.365 e. The van der Waals surface area contributed by atoms with E-state index in [1.54, 1.807) is 36.4 Å². The number of carbonyl (C=O) groups is 1. The van der Waals surface area contributed by atoms with Gasteiger partial charge in [-0.3, -0.25) is 4.68 Å². The first-order valence-electron chi connectivity index (χ1n) is 8.97. The van der Waals surface area contributed by atoms with Crippen LogP contribution in [-0.2, 0) is 11.4 Å². The van der Waals surface area contributed by atoms with Gasteiger partial charge in [0.05, 0.1) is 40.6 Å². The third-order valence-corrected chi connectivity index (χ3v) is 5.84. The number of oxime groups is 1. The largest absolute Gasteiger partial charge is 0.496 e. The second-order valence-corrected chi connectivity index (χ2v) is 7.77. The maximum absolute atomic E-state index is 12.5. The summed E-state index contributed by atoms with van der Waals surface area (Å²) in [4.78, 5) is 17.5. The molecule has 0 amide bonds. The van der Waals surface area contributed by atoms with Crippen LogP contribution in [0.2, 0.25) is 5.02 Å². The van der Waals surface area contributed by atoms with E-state index in [-0.39, 0.29) is 5.84 Å². The predicted octanol–water partition coefficient (Wildman–Crippen LogP) is 4.45. The van der Waals surface area contributed by atoms with Crippen LogP contribution in [0.4, 0.5) is 0 Å². The van der Waals surface area contributed by atoms with Crippen molar-refractivity contribution in [3.05, 3.63) is 80.0 Å². The molecule has 0 bridgehead atoms. The van der Waals surface area contributed by atoms with Gasteiger partial charge in [0.1, 0.15) is 5.75 Å². The lowest BCUT2D eigenvalue weighted by Gasteiger charge is -2.08. The molecule has 0 radical (unpaired) electrons. The van der Waals surface area contributed by atoms with Crippen LogP contribution in [0.15, 0.2) is 52.1 Å². The van der Waals surface area contributed by atoms with Crippen LogP contribution in [0, 0.1) is 13.8 Å². The van der Waals surface area contributed by atoms with Crippen molar-refractivity contribution in [3.8, 4) is 5.75 Å². The fourth-order valence-electron chi connectivity index (χ4n) is 2.87. The molecule has 0 aliphatic carbocycles. The van der Waals surface area contributed by atoms with Crippen molar-refractivity contribution in [2.45, 2.75) is 20.4 Å². The third-order valence-electron chi connectivity index (χ3n) is 4.45. The van der Waals surface area contributed by atoms with Crippen LogP contribution in [-0.4, -0.2) is 28.7 Å². The van der Waals surface area contributed by atoms with E-state index in [2.05, 4.69) is 26.2 Å². The molecular weight excluding hydrogens is 472 g/mol. The van der Waals surface area contributed by atoms with Crippen LogP contribution in [0.1, 0.15) is 32.9 Å². The van der Waals surface area contributed by atoms with Crippen molar-refractivity contribution in [2.24, 2.45) is 10.9 Å². The van der Waals surface area contributed by atoms with Gasteiger partial charge < -0.3 is 15.3 Å². The lowest BCUT2D eigenvalue weighted by atomic mass is 10.1. The molecular formula is C21H20BrClN4O3. The van der Waals surface area contributed by atoms with Crippen molar-refractivity contribution in [3.63, 3.8) is 0 Å². The van der Waals surface area contributed by atoms with Gasteiger partial charge in [0, 0.05) is 5.02 Å². The summed E-state index contributed by atoms with van der Waals surface area (Å²) in [5, 5.41) is 8.69. The molecule has 9 heteroatoms. The monoisotopic (exact) mass is 490 g/mol. The zero-order chi connectivity index (χ0) is 21.8. The smallest absolute Gasteiger partial charge is 0.365 e. The van der Waals surface area contributed by atoms with E-state index in [0.29, 0.717) is 28.4 Å². The summed E-state index contributed by atoms with van der Waals surface area (Å²) in [6.07, 6.45) is 0. The van der Waals surface area contributed by atoms with Gasteiger partial charge in [0.25, 0.3) is 0 Å². The number of aryl methyl sites for hydroxylation is 1. The Morgan fingerprint density at radius 2 is 2.03 bits per heavy atom. The first-order valence-corrected chi connectivity index (χ1v) is 10.1. The summed E-state index contributed by atoms with van der Waals surface area (Å²) in [5.41, 5.74) is 9.55. The number of nitrogens with zero attached hydrogens (tertiary/aromatic N) is 3. The SMILES string of the molecule is COc1ccc(Cl)cc1/C(N)=N/OC(=O)c1cccc(Cn2nc(C)c(Br)c2C)c1. The third kappa shape index (κ3) is 4.83. The Labute approximate surface area is 187 Å². The van der Waals surface area contributed by atoms with E-state index < -0.39 is 5.97 Å². The van der Waals surface area contributed by atoms with E-state index >= 15 is 0 Å². The summed E-state index contributed by atoms with van der Waals surface area (Å²) in [6, 6.07) is 12.0. The van der Waals surface area contributed by atoms with Gasteiger partial charge in [-0.2, -0.15) is 5.10 Å². The standard InChI is InChI=1S/C21H20BrClN4O3/c1-12-19(22)13(2)27(25-12)11-14-5-4-6-15(9-14)21(28)30-26-20(24)17-10-16(23)7-8-18(17)29-3/h4-10H,11H2,1-3H3,(H2,24,26). The predicted molar refractivity (Wildman–Crippen MR) is 119 cm³/mol. The highest BCUT2D eigenvalue weighted by molar-refractivity contribution is 9.10. The number of methoxy groups -OCH3 is 1. The highest BCUT2D eigenvalue weighted by Gasteiger charge is 2.13. The number of amidine groups is 1. The molecule has 0 spiro atoms. The highest BCUT2D eigenvalue weighted by Crippen LogP contribution is 2.23. The summed E-state index contributed by atoms with van der Waals surface area (Å²) in [5.74, 6) is -0.184. The quantitative estimate of drug-likeness (QED) is 0.238. The van der Waals surface area contributed by atoms with Gasteiger partial charge >= 0.3 is 5.97 Å². The van der Waals surface area contributed by atoms with Crippen molar-refractivity contribution in [1.82, 2.24) is 9.78 Å². The molecule has 2 aromatic carbocycles.